The van der Waals surface area contributed by atoms with Crippen LogP contribution in [0.25, 0.3) is 0 Å². The molecule has 98 valence electrons. The molecular formula is C14H19ClN2O. The molecule has 18 heavy (non-hydrogen) atoms. The number of hydrogen-bond acceptors (Lipinski definition) is 2. The Hall–Kier alpha value is -1.06. The SMILES string of the molecule is C[C@@H]1CN(C(=O)CCc2ccc(Cl)cc2)CCN1. The lowest BCUT2D eigenvalue weighted by Gasteiger charge is -2.32. The fourth-order valence-electron chi connectivity index (χ4n) is 2.22. The molecule has 1 saturated heterocycles. The molecular weight excluding hydrogens is 248 g/mol. The monoisotopic (exact) mass is 266 g/mol. The molecule has 1 heterocycles. The number of nitrogens with one attached hydrogen (secondary N) is 1. The van der Waals surface area contributed by atoms with E-state index in [2.05, 4.69) is 12.2 Å². The topological polar surface area (TPSA) is 32.3 Å². The summed E-state index contributed by atoms with van der Waals surface area (Å²) in [4.78, 5) is 14.0. The predicted octanol–water partition coefficient (Wildman–Crippen LogP) is 2.09. The lowest BCUT2D eigenvalue weighted by atomic mass is 10.1. The number of aryl methyl sites for hydroxylation is 1. The Bertz CT molecular complexity index is 405. The molecule has 0 bridgehead atoms. The average molecular weight is 267 g/mol. The molecule has 1 N–H and O–H groups in total. The molecule has 4 heteroatoms. The number of benzene rings is 1. The van der Waals surface area contributed by atoms with Crippen LogP contribution in [0.15, 0.2) is 24.3 Å². The Morgan fingerprint density at radius 1 is 1.44 bits per heavy atom. The molecule has 0 spiro atoms. The van der Waals surface area contributed by atoms with Gasteiger partial charge in [0.1, 0.15) is 0 Å². The normalized spacial score (nSPS) is 19.9. The molecule has 0 unspecified atom stereocenters. The minimum atomic E-state index is 0.248. The smallest absolute Gasteiger partial charge is 0.222 e. The number of hydrogen-bond donors (Lipinski definition) is 1. The first-order valence-corrected chi connectivity index (χ1v) is 6.78. The minimum Gasteiger partial charge on any atom is -0.340 e. The summed E-state index contributed by atoms with van der Waals surface area (Å²) in [5.41, 5.74) is 1.16. The van der Waals surface area contributed by atoms with Crippen molar-refractivity contribution in [2.75, 3.05) is 19.6 Å². The van der Waals surface area contributed by atoms with Crippen LogP contribution in [0, 0.1) is 0 Å². The number of carbonyl (C=O) groups is 1. The van der Waals surface area contributed by atoms with Crippen molar-refractivity contribution < 1.29 is 4.79 Å². The fraction of sp³-hybridized carbons (Fsp3) is 0.500. The molecule has 0 saturated carbocycles. The maximum atomic E-state index is 12.1. The van der Waals surface area contributed by atoms with Crippen molar-refractivity contribution in [1.82, 2.24) is 10.2 Å². The maximum absolute atomic E-state index is 12.1. The fourth-order valence-corrected chi connectivity index (χ4v) is 2.35. The average Bonchev–Trinajstić information content (AvgIpc) is 2.38. The van der Waals surface area contributed by atoms with E-state index in [1.54, 1.807) is 0 Å². The van der Waals surface area contributed by atoms with Gasteiger partial charge in [-0.3, -0.25) is 4.79 Å². The third-order valence-corrected chi connectivity index (χ3v) is 3.51. The van der Waals surface area contributed by atoms with Gasteiger partial charge in [-0.1, -0.05) is 23.7 Å². The van der Waals surface area contributed by atoms with Crippen molar-refractivity contribution >= 4 is 17.5 Å². The number of piperazine rings is 1. The Kier molecular flexibility index (Phi) is 4.61. The molecule has 1 amide bonds. The third-order valence-electron chi connectivity index (χ3n) is 3.26. The number of amides is 1. The first kappa shape index (κ1) is 13.4. The van der Waals surface area contributed by atoms with Gasteiger partial charge < -0.3 is 10.2 Å². The van der Waals surface area contributed by atoms with Crippen LogP contribution >= 0.6 is 11.6 Å². The van der Waals surface area contributed by atoms with E-state index in [1.807, 2.05) is 29.2 Å². The van der Waals surface area contributed by atoms with Crippen molar-refractivity contribution in [3.63, 3.8) is 0 Å². The van der Waals surface area contributed by atoms with Gasteiger partial charge in [0.15, 0.2) is 0 Å². The number of halogens is 1. The highest BCUT2D eigenvalue weighted by Gasteiger charge is 2.19. The van der Waals surface area contributed by atoms with Crippen molar-refractivity contribution in [1.29, 1.82) is 0 Å². The second-order valence-corrected chi connectivity index (χ2v) is 5.26. The van der Waals surface area contributed by atoms with Crippen LogP contribution in [0.2, 0.25) is 5.02 Å². The lowest BCUT2D eigenvalue weighted by Crippen LogP contribution is -2.51. The largest absolute Gasteiger partial charge is 0.340 e. The molecule has 1 aliphatic rings. The van der Waals surface area contributed by atoms with E-state index >= 15 is 0 Å². The summed E-state index contributed by atoms with van der Waals surface area (Å²) in [5.74, 6) is 0.248. The van der Waals surface area contributed by atoms with Gasteiger partial charge in [-0.15, -0.1) is 0 Å². The summed E-state index contributed by atoms with van der Waals surface area (Å²) in [6.45, 7) is 4.65. The molecule has 0 aliphatic carbocycles. The molecule has 1 fully saturated rings. The minimum absolute atomic E-state index is 0.248. The van der Waals surface area contributed by atoms with Crippen molar-refractivity contribution in [2.24, 2.45) is 0 Å². The number of carbonyl (C=O) groups excluding carboxylic acids is 1. The molecule has 1 atom stereocenters. The van der Waals surface area contributed by atoms with Crippen LogP contribution in [-0.2, 0) is 11.2 Å². The quantitative estimate of drug-likeness (QED) is 0.909. The Labute approximate surface area is 113 Å². The van der Waals surface area contributed by atoms with Crippen molar-refractivity contribution in [2.45, 2.75) is 25.8 Å². The van der Waals surface area contributed by atoms with Gasteiger partial charge in [0.25, 0.3) is 0 Å². The van der Waals surface area contributed by atoms with E-state index in [-0.39, 0.29) is 5.91 Å². The van der Waals surface area contributed by atoms with E-state index in [4.69, 9.17) is 11.6 Å². The van der Waals surface area contributed by atoms with E-state index < -0.39 is 0 Å². The van der Waals surface area contributed by atoms with E-state index in [0.29, 0.717) is 12.5 Å². The van der Waals surface area contributed by atoms with Gasteiger partial charge in [-0.25, -0.2) is 0 Å². The van der Waals surface area contributed by atoms with Crippen molar-refractivity contribution in [3.8, 4) is 0 Å². The summed E-state index contributed by atoms with van der Waals surface area (Å²) in [6, 6.07) is 8.10. The lowest BCUT2D eigenvalue weighted by molar-refractivity contribution is -0.132. The number of rotatable bonds is 3. The Morgan fingerprint density at radius 3 is 2.83 bits per heavy atom. The summed E-state index contributed by atoms with van der Waals surface area (Å²) < 4.78 is 0. The zero-order chi connectivity index (χ0) is 13.0. The van der Waals surface area contributed by atoms with Gasteiger partial charge in [-0.05, 0) is 31.0 Å². The predicted molar refractivity (Wildman–Crippen MR) is 73.8 cm³/mol. The summed E-state index contributed by atoms with van der Waals surface area (Å²) in [6.07, 6.45) is 1.36. The van der Waals surface area contributed by atoms with Crippen LogP contribution in [0.5, 0.6) is 0 Å². The summed E-state index contributed by atoms with van der Waals surface area (Å²) in [5, 5.41) is 4.08. The first-order valence-electron chi connectivity index (χ1n) is 6.41. The maximum Gasteiger partial charge on any atom is 0.222 e. The second-order valence-electron chi connectivity index (χ2n) is 4.82. The second kappa shape index (κ2) is 6.21. The molecule has 0 radical (unpaired) electrons. The summed E-state index contributed by atoms with van der Waals surface area (Å²) in [7, 11) is 0. The van der Waals surface area contributed by atoms with E-state index in [9.17, 15) is 4.79 Å². The molecule has 2 rings (SSSR count). The summed E-state index contributed by atoms with van der Waals surface area (Å²) >= 11 is 5.83. The van der Waals surface area contributed by atoms with Gasteiger partial charge in [0.05, 0.1) is 0 Å². The molecule has 3 nitrogen and oxygen atoms in total. The molecule has 1 aromatic carbocycles. The Balaban J connectivity index is 1.82. The van der Waals surface area contributed by atoms with Crippen molar-refractivity contribution in [3.05, 3.63) is 34.9 Å². The van der Waals surface area contributed by atoms with E-state index in [1.165, 1.54) is 0 Å². The van der Waals surface area contributed by atoms with Crippen LogP contribution < -0.4 is 5.32 Å². The molecule has 1 aliphatic heterocycles. The van der Waals surface area contributed by atoms with Crippen LogP contribution in [0.4, 0.5) is 0 Å². The van der Waals surface area contributed by atoms with Crippen LogP contribution in [0.3, 0.4) is 0 Å². The highest BCUT2D eigenvalue weighted by molar-refractivity contribution is 6.30. The standard InChI is InChI=1S/C14H19ClN2O/c1-11-10-17(9-8-16-11)14(18)7-4-12-2-5-13(15)6-3-12/h2-3,5-6,11,16H,4,7-10H2,1H3/t11-/m1/s1. The van der Waals surface area contributed by atoms with Gasteiger partial charge in [0.2, 0.25) is 5.91 Å². The highest BCUT2D eigenvalue weighted by atomic mass is 35.5. The molecule has 1 aromatic rings. The molecule has 0 aromatic heterocycles. The first-order chi connectivity index (χ1) is 8.65. The van der Waals surface area contributed by atoms with Gasteiger partial charge >= 0.3 is 0 Å². The van der Waals surface area contributed by atoms with E-state index in [0.717, 1.165) is 36.6 Å². The van der Waals surface area contributed by atoms with Gasteiger partial charge in [-0.2, -0.15) is 0 Å². The zero-order valence-corrected chi connectivity index (χ0v) is 11.4. The highest BCUT2D eigenvalue weighted by Crippen LogP contribution is 2.12. The van der Waals surface area contributed by atoms with Crippen LogP contribution in [-0.4, -0.2) is 36.5 Å². The van der Waals surface area contributed by atoms with Gasteiger partial charge in [0, 0.05) is 37.1 Å². The number of nitrogens with zero attached hydrogens (tertiary/aromatic N) is 1. The Morgan fingerprint density at radius 2 is 2.17 bits per heavy atom. The zero-order valence-electron chi connectivity index (χ0n) is 10.7. The third kappa shape index (κ3) is 3.72. The van der Waals surface area contributed by atoms with Crippen LogP contribution in [0.1, 0.15) is 18.9 Å².